The number of allylic oxidation sites excluding steroid dienone is 6. The van der Waals surface area contributed by atoms with Crippen LogP contribution in [0.1, 0.15) is 412 Å². The van der Waals surface area contributed by atoms with Crippen molar-refractivity contribution in [3.63, 3.8) is 0 Å². The van der Waals surface area contributed by atoms with E-state index < -0.39 is 6.10 Å². The summed E-state index contributed by atoms with van der Waals surface area (Å²) >= 11 is 0. The second kappa shape index (κ2) is 71.1. The highest BCUT2D eigenvalue weighted by Crippen LogP contribution is 2.19. The van der Waals surface area contributed by atoms with Crippen LogP contribution in [0.3, 0.4) is 0 Å². The molecule has 0 spiro atoms. The van der Waals surface area contributed by atoms with Gasteiger partial charge in [0, 0.05) is 19.3 Å². The minimum atomic E-state index is -0.773. The average Bonchev–Trinajstić information content (AvgIpc) is 3.48. The fourth-order valence-corrected chi connectivity index (χ4v) is 11.3. The minimum Gasteiger partial charge on any atom is -0.462 e. The third-order valence-electron chi connectivity index (χ3n) is 16.9. The molecule has 6 nitrogen and oxygen atoms in total. The summed E-state index contributed by atoms with van der Waals surface area (Å²) in [6.45, 7) is 6.71. The van der Waals surface area contributed by atoms with Gasteiger partial charge in [0.2, 0.25) is 0 Å². The Bertz CT molecular complexity index is 1370. The summed E-state index contributed by atoms with van der Waals surface area (Å²) in [4.78, 5) is 38.5. The molecule has 0 aliphatic heterocycles. The second-order valence-electron chi connectivity index (χ2n) is 25.2. The van der Waals surface area contributed by atoms with Crippen molar-refractivity contribution in [2.45, 2.75) is 419 Å². The van der Waals surface area contributed by atoms with Gasteiger partial charge in [0.15, 0.2) is 6.10 Å². The molecule has 1 unspecified atom stereocenters. The van der Waals surface area contributed by atoms with Crippen LogP contribution < -0.4 is 0 Å². The molecular weight excluding hydrogens is 1010 g/mol. The van der Waals surface area contributed by atoms with Gasteiger partial charge in [-0.15, -0.1) is 0 Å². The fourth-order valence-electron chi connectivity index (χ4n) is 11.3. The van der Waals surface area contributed by atoms with Gasteiger partial charge in [0.25, 0.3) is 0 Å². The normalized spacial score (nSPS) is 12.2. The molecular formula is C76H142O6. The predicted octanol–water partition coefficient (Wildman–Crippen LogP) is 25.5. The first kappa shape index (κ1) is 79.6. The van der Waals surface area contributed by atoms with E-state index in [0.29, 0.717) is 19.3 Å². The average molecular weight is 1150 g/mol. The SMILES string of the molecule is CCCCCCC/C=C\C/C=C\CCCCCCCCCCCCCC(=O)OCC(COC(=O)CCCCCCCCCCC/C=C\CCCCCCCC)OC(=O)CCCCCCCCCCCCCCCCCCCCCCCC. The number of hydrogen-bond donors (Lipinski definition) is 0. The molecule has 0 aliphatic carbocycles. The number of rotatable bonds is 69. The van der Waals surface area contributed by atoms with Crippen LogP contribution in [0.15, 0.2) is 36.5 Å². The van der Waals surface area contributed by atoms with Gasteiger partial charge in [-0.3, -0.25) is 14.4 Å². The maximum absolute atomic E-state index is 13.0. The molecule has 0 aromatic heterocycles. The van der Waals surface area contributed by atoms with E-state index in [0.717, 1.165) is 64.2 Å². The second-order valence-corrected chi connectivity index (χ2v) is 25.2. The molecule has 82 heavy (non-hydrogen) atoms. The lowest BCUT2D eigenvalue weighted by molar-refractivity contribution is -0.167. The molecule has 0 aromatic rings. The Kier molecular flexibility index (Phi) is 69.1. The van der Waals surface area contributed by atoms with E-state index in [-0.39, 0.29) is 31.1 Å². The van der Waals surface area contributed by atoms with E-state index in [9.17, 15) is 14.4 Å². The molecule has 0 amide bonds. The van der Waals surface area contributed by atoms with Crippen LogP contribution in [-0.2, 0) is 28.6 Å². The zero-order chi connectivity index (χ0) is 59.2. The monoisotopic (exact) mass is 1150 g/mol. The summed E-state index contributed by atoms with van der Waals surface area (Å²) in [5, 5.41) is 0. The zero-order valence-electron chi connectivity index (χ0n) is 55.5. The third-order valence-corrected chi connectivity index (χ3v) is 16.9. The molecule has 0 bridgehead atoms. The molecule has 0 rings (SSSR count). The van der Waals surface area contributed by atoms with E-state index in [1.54, 1.807) is 0 Å². The van der Waals surface area contributed by atoms with Crippen molar-refractivity contribution in [3.8, 4) is 0 Å². The van der Waals surface area contributed by atoms with Gasteiger partial charge in [-0.2, -0.15) is 0 Å². The van der Waals surface area contributed by atoms with Crippen LogP contribution in [0.25, 0.3) is 0 Å². The van der Waals surface area contributed by atoms with E-state index in [2.05, 4.69) is 57.2 Å². The summed E-state index contributed by atoms with van der Waals surface area (Å²) in [5.74, 6) is -0.839. The molecule has 482 valence electrons. The van der Waals surface area contributed by atoms with E-state index in [1.807, 2.05) is 0 Å². The zero-order valence-corrected chi connectivity index (χ0v) is 55.5. The summed E-state index contributed by atoms with van der Waals surface area (Å²) in [6, 6.07) is 0. The highest BCUT2D eigenvalue weighted by atomic mass is 16.6. The first-order chi connectivity index (χ1) is 40.5. The smallest absolute Gasteiger partial charge is 0.306 e. The van der Waals surface area contributed by atoms with Crippen molar-refractivity contribution in [2.75, 3.05) is 13.2 Å². The quantitative estimate of drug-likeness (QED) is 0.0261. The summed E-state index contributed by atoms with van der Waals surface area (Å²) in [5.41, 5.74) is 0. The van der Waals surface area contributed by atoms with Crippen molar-refractivity contribution in [1.29, 1.82) is 0 Å². The largest absolute Gasteiger partial charge is 0.462 e. The van der Waals surface area contributed by atoms with Crippen molar-refractivity contribution >= 4 is 17.9 Å². The summed E-state index contributed by atoms with van der Waals surface area (Å²) < 4.78 is 17.0. The molecule has 0 radical (unpaired) electrons. The first-order valence-corrected chi connectivity index (χ1v) is 37.0. The number of ether oxygens (including phenoxy) is 3. The van der Waals surface area contributed by atoms with E-state index in [1.165, 1.54) is 308 Å². The third kappa shape index (κ3) is 68.4. The Morgan fingerprint density at radius 1 is 0.244 bits per heavy atom. The molecule has 0 fully saturated rings. The molecule has 6 heteroatoms. The van der Waals surface area contributed by atoms with Gasteiger partial charge in [-0.1, -0.05) is 353 Å². The van der Waals surface area contributed by atoms with Gasteiger partial charge >= 0.3 is 17.9 Å². The van der Waals surface area contributed by atoms with E-state index in [4.69, 9.17) is 14.2 Å². The molecule has 0 saturated heterocycles. The lowest BCUT2D eigenvalue weighted by Gasteiger charge is -2.18. The van der Waals surface area contributed by atoms with Gasteiger partial charge in [0.05, 0.1) is 0 Å². The maximum atomic E-state index is 13.0. The standard InChI is InChI=1S/C76H142O6/c1-4-7-10-13-16-19-22-25-28-31-34-36-38-40-42-45-48-51-54-57-60-63-66-69-75(78)81-72-73(71-80-74(77)68-65-62-59-56-53-50-47-44-41-33-30-27-24-21-18-15-12-9-6-3)82-76(79)70-67-64-61-58-55-52-49-46-43-39-37-35-32-29-26-23-20-17-14-11-8-5-2/h22,25,27,30-31,34,73H,4-21,23-24,26,28-29,32-33,35-72H2,1-3H3/b25-22-,30-27-,34-31-. The minimum absolute atomic E-state index is 0.0685. The van der Waals surface area contributed by atoms with Gasteiger partial charge in [-0.25, -0.2) is 0 Å². The van der Waals surface area contributed by atoms with Crippen molar-refractivity contribution in [1.82, 2.24) is 0 Å². The van der Waals surface area contributed by atoms with E-state index >= 15 is 0 Å². The van der Waals surface area contributed by atoms with Crippen molar-refractivity contribution < 1.29 is 28.6 Å². The van der Waals surface area contributed by atoms with Crippen LogP contribution in [0.4, 0.5) is 0 Å². The molecule has 1 atom stereocenters. The van der Waals surface area contributed by atoms with Crippen molar-refractivity contribution in [3.05, 3.63) is 36.5 Å². The Hall–Kier alpha value is -2.37. The highest BCUT2D eigenvalue weighted by molar-refractivity contribution is 5.71. The number of carbonyl (C=O) groups excluding carboxylic acids is 3. The van der Waals surface area contributed by atoms with Crippen LogP contribution in [0, 0.1) is 0 Å². The Morgan fingerprint density at radius 2 is 0.439 bits per heavy atom. The van der Waals surface area contributed by atoms with Crippen LogP contribution in [0.5, 0.6) is 0 Å². The van der Waals surface area contributed by atoms with Crippen LogP contribution in [-0.4, -0.2) is 37.2 Å². The number of hydrogen-bond acceptors (Lipinski definition) is 6. The lowest BCUT2D eigenvalue weighted by atomic mass is 10.0. The Labute approximate surface area is 512 Å². The van der Waals surface area contributed by atoms with Crippen molar-refractivity contribution in [2.24, 2.45) is 0 Å². The van der Waals surface area contributed by atoms with Gasteiger partial charge in [-0.05, 0) is 77.0 Å². The lowest BCUT2D eigenvalue weighted by Crippen LogP contribution is -2.30. The molecule has 0 heterocycles. The fraction of sp³-hybridized carbons (Fsp3) is 0.882. The number of carbonyl (C=O) groups is 3. The number of unbranched alkanes of at least 4 members (excludes halogenated alkanes) is 52. The molecule has 0 saturated carbocycles. The molecule has 0 aliphatic rings. The Balaban J connectivity index is 4.31. The van der Waals surface area contributed by atoms with Gasteiger partial charge < -0.3 is 14.2 Å². The highest BCUT2D eigenvalue weighted by Gasteiger charge is 2.20. The number of esters is 3. The molecule has 0 aromatic carbocycles. The van der Waals surface area contributed by atoms with Crippen LogP contribution >= 0.6 is 0 Å². The Morgan fingerprint density at radius 3 is 0.683 bits per heavy atom. The summed E-state index contributed by atoms with van der Waals surface area (Å²) in [6.07, 6.45) is 88.9. The molecule has 0 N–H and O–H groups in total. The van der Waals surface area contributed by atoms with Crippen LogP contribution in [0.2, 0.25) is 0 Å². The summed E-state index contributed by atoms with van der Waals surface area (Å²) in [7, 11) is 0. The predicted molar refractivity (Wildman–Crippen MR) is 358 cm³/mol. The topological polar surface area (TPSA) is 78.9 Å². The first-order valence-electron chi connectivity index (χ1n) is 37.0. The maximum Gasteiger partial charge on any atom is 0.306 e. The van der Waals surface area contributed by atoms with Gasteiger partial charge in [0.1, 0.15) is 13.2 Å².